The van der Waals surface area contributed by atoms with Crippen molar-refractivity contribution in [2.24, 2.45) is 0 Å². The van der Waals surface area contributed by atoms with Gasteiger partial charge in [-0.3, -0.25) is 9.78 Å². The minimum absolute atomic E-state index is 0.0407. The van der Waals surface area contributed by atoms with Crippen molar-refractivity contribution < 1.29 is 17.9 Å². The summed E-state index contributed by atoms with van der Waals surface area (Å²) in [5.41, 5.74) is 1.15. The van der Waals surface area contributed by atoms with Crippen LogP contribution in [0.4, 0.5) is 13.2 Å². The molecule has 38 heavy (non-hydrogen) atoms. The van der Waals surface area contributed by atoms with Crippen LogP contribution in [0.5, 0.6) is 5.75 Å². The summed E-state index contributed by atoms with van der Waals surface area (Å²) in [5.74, 6) is 0.485. The Labute approximate surface area is 220 Å². The molecule has 4 heterocycles. The Hall–Kier alpha value is -4.18. The van der Waals surface area contributed by atoms with Gasteiger partial charge in [0, 0.05) is 40.9 Å². The van der Waals surface area contributed by atoms with E-state index in [9.17, 15) is 18.0 Å². The maximum absolute atomic E-state index is 13.3. The van der Waals surface area contributed by atoms with E-state index in [-0.39, 0.29) is 13.2 Å². The highest BCUT2D eigenvalue weighted by molar-refractivity contribution is 6.31. The Morgan fingerprint density at radius 1 is 1.00 bits per heavy atom. The van der Waals surface area contributed by atoms with Crippen LogP contribution in [-0.2, 0) is 19.3 Å². The summed E-state index contributed by atoms with van der Waals surface area (Å²) in [6.45, 7) is 3.33. The summed E-state index contributed by atoms with van der Waals surface area (Å²) in [5, 5.41) is 5.47. The zero-order valence-electron chi connectivity index (χ0n) is 20.3. The SMILES string of the molecule is Cc1cc(Cl)c(COc2cccc3c(-n4cccn4)cc(C)nc23)c(Cn2cccc(C(F)(F)F)c2=O)n1. The lowest BCUT2D eigenvalue weighted by Gasteiger charge is -2.16. The second kappa shape index (κ2) is 9.94. The van der Waals surface area contributed by atoms with Gasteiger partial charge in [0.15, 0.2) is 0 Å². The number of aryl methyl sites for hydroxylation is 2. The molecule has 0 saturated carbocycles. The molecule has 0 atom stereocenters. The molecule has 0 N–H and O–H groups in total. The van der Waals surface area contributed by atoms with E-state index in [2.05, 4.69) is 15.1 Å². The lowest BCUT2D eigenvalue weighted by molar-refractivity contribution is -0.138. The molecule has 0 radical (unpaired) electrons. The van der Waals surface area contributed by atoms with Gasteiger partial charge < -0.3 is 9.30 Å². The van der Waals surface area contributed by atoms with Crippen LogP contribution in [0.3, 0.4) is 0 Å². The number of ether oxygens (including phenoxy) is 1. The number of para-hydroxylation sites is 1. The maximum Gasteiger partial charge on any atom is 0.421 e. The summed E-state index contributed by atoms with van der Waals surface area (Å²) in [6.07, 6.45) is 0.0413. The number of pyridine rings is 3. The smallest absolute Gasteiger partial charge is 0.421 e. The van der Waals surface area contributed by atoms with Crippen LogP contribution in [0.15, 0.2) is 71.9 Å². The van der Waals surface area contributed by atoms with Gasteiger partial charge in [0.05, 0.1) is 22.9 Å². The molecule has 0 aliphatic heterocycles. The van der Waals surface area contributed by atoms with Crippen LogP contribution >= 0.6 is 11.6 Å². The number of nitrogens with zero attached hydrogens (tertiary/aromatic N) is 5. The molecule has 0 saturated heterocycles. The van der Waals surface area contributed by atoms with E-state index >= 15 is 0 Å². The Morgan fingerprint density at radius 2 is 1.79 bits per heavy atom. The van der Waals surface area contributed by atoms with Gasteiger partial charge in [-0.2, -0.15) is 18.3 Å². The van der Waals surface area contributed by atoms with Crippen LogP contribution in [-0.4, -0.2) is 24.3 Å². The third-order valence-electron chi connectivity index (χ3n) is 5.96. The number of rotatable bonds is 6. The number of alkyl halides is 3. The standard InChI is InChI=1S/C27H21ClF3N5O2/c1-16-12-21(28)19(22(33-16)14-35-10-4-7-20(26(35)37)27(29,30)31)15-38-24-8-3-6-18-23(36-11-5-9-32-36)13-17(2)34-25(18)24/h3-13H,14-15H2,1-2H3. The number of fused-ring (bicyclic) bond motifs is 1. The maximum atomic E-state index is 13.3. The van der Waals surface area contributed by atoms with Crippen molar-refractivity contribution in [3.8, 4) is 11.4 Å². The van der Waals surface area contributed by atoms with E-state index in [0.717, 1.165) is 27.4 Å². The fourth-order valence-electron chi connectivity index (χ4n) is 4.24. The third-order valence-corrected chi connectivity index (χ3v) is 6.30. The largest absolute Gasteiger partial charge is 0.486 e. The Bertz CT molecular complexity index is 1700. The molecule has 7 nitrogen and oxygen atoms in total. The highest BCUT2D eigenvalue weighted by Gasteiger charge is 2.34. The van der Waals surface area contributed by atoms with Gasteiger partial charge in [0.1, 0.15) is 23.4 Å². The molecule has 0 unspecified atom stereocenters. The number of benzene rings is 1. The molecule has 0 bridgehead atoms. The second-order valence-corrected chi connectivity index (χ2v) is 9.10. The average molecular weight is 540 g/mol. The molecule has 11 heteroatoms. The molecule has 1 aromatic carbocycles. The van der Waals surface area contributed by atoms with Gasteiger partial charge >= 0.3 is 6.18 Å². The number of halogens is 4. The van der Waals surface area contributed by atoms with Crippen molar-refractivity contribution in [1.82, 2.24) is 24.3 Å². The van der Waals surface area contributed by atoms with Crippen LogP contribution in [0.2, 0.25) is 5.02 Å². The zero-order valence-corrected chi connectivity index (χ0v) is 21.1. The zero-order chi connectivity index (χ0) is 27.0. The summed E-state index contributed by atoms with van der Waals surface area (Å²) in [7, 11) is 0. The summed E-state index contributed by atoms with van der Waals surface area (Å²) in [6, 6.07) is 12.8. The summed E-state index contributed by atoms with van der Waals surface area (Å²) >= 11 is 6.53. The molecular weight excluding hydrogens is 519 g/mol. The van der Waals surface area contributed by atoms with Gasteiger partial charge in [-0.15, -0.1) is 0 Å². The first kappa shape index (κ1) is 25.5. The van der Waals surface area contributed by atoms with Crippen molar-refractivity contribution in [2.75, 3.05) is 0 Å². The van der Waals surface area contributed by atoms with Crippen molar-refractivity contribution >= 4 is 22.5 Å². The molecule has 0 aliphatic rings. The van der Waals surface area contributed by atoms with Crippen LogP contribution in [0.1, 0.15) is 28.2 Å². The Morgan fingerprint density at radius 3 is 2.53 bits per heavy atom. The highest BCUT2D eigenvalue weighted by Crippen LogP contribution is 2.31. The first-order valence-electron chi connectivity index (χ1n) is 11.6. The fourth-order valence-corrected chi connectivity index (χ4v) is 4.56. The minimum Gasteiger partial charge on any atom is -0.486 e. The van der Waals surface area contributed by atoms with Crippen molar-refractivity contribution in [1.29, 1.82) is 0 Å². The predicted octanol–water partition coefficient (Wildman–Crippen LogP) is 5.89. The predicted molar refractivity (Wildman–Crippen MR) is 137 cm³/mol. The molecule has 4 aromatic heterocycles. The van der Waals surface area contributed by atoms with Crippen molar-refractivity contribution in [3.63, 3.8) is 0 Å². The second-order valence-electron chi connectivity index (χ2n) is 8.70. The number of hydrogen-bond donors (Lipinski definition) is 0. The van der Waals surface area contributed by atoms with Gasteiger partial charge in [0.2, 0.25) is 0 Å². The molecule has 5 aromatic rings. The normalized spacial score (nSPS) is 11.7. The van der Waals surface area contributed by atoms with Gasteiger partial charge in [-0.05, 0) is 50.2 Å². The van der Waals surface area contributed by atoms with Crippen LogP contribution in [0.25, 0.3) is 16.6 Å². The van der Waals surface area contributed by atoms with Gasteiger partial charge in [-0.1, -0.05) is 23.7 Å². The molecule has 0 aliphatic carbocycles. The van der Waals surface area contributed by atoms with E-state index in [1.165, 1.54) is 12.3 Å². The molecule has 0 spiro atoms. The summed E-state index contributed by atoms with van der Waals surface area (Å²) < 4.78 is 48.7. The van der Waals surface area contributed by atoms with E-state index in [1.54, 1.807) is 29.9 Å². The first-order chi connectivity index (χ1) is 18.1. The monoisotopic (exact) mass is 539 g/mol. The van der Waals surface area contributed by atoms with Crippen molar-refractivity contribution in [3.05, 3.63) is 111 Å². The lowest BCUT2D eigenvalue weighted by atomic mass is 10.1. The molecule has 194 valence electrons. The van der Waals surface area contributed by atoms with Crippen molar-refractivity contribution in [2.45, 2.75) is 33.2 Å². The molecule has 5 rings (SSSR count). The highest BCUT2D eigenvalue weighted by atomic mass is 35.5. The van der Waals surface area contributed by atoms with Gasteiger partial charge in [0.25, 0.3) is 5.56 Å². The molecule has 0 fully saturated rings. The van der Waals surface area contributed by atoms with E-state index < -0.39 is 17.3 Å². The average Bonchev–Trinajstić information content (AvgIpc) is 3.38. The first-order valence-corrected chi connectivity index (χ1v) is 11.9. The lowest BCUT2D eigenvalue weighted by Crippen LogP contribution is -2.29. The van der Waals surface area contributed by atoms with Crippen LogP contribution in [0, 0.1) is 13.8 Å². The Balaban J connectivity index is 1.51. The Kier molecular flexibility index (Phi) is 6.66. The van der Waals surface area contributed by atoms with E-state index in [0.29, 0.717) is 33.2 Å². The number of hydrogen-bond acceptors (Lipinski definition) is 5. The number of aromatic nitrogens is 5. The molecular formula is C27H21ClF3N5O2. The molecule has 0 amide bonds. The van der Waals surface area contributed by atoms with Gasteiger partial charge in [-0.25, -0.2) is 9.67 Å². The van der Waals surface area contributed by atoms with Crippen LogP contribution < -0.4 is 10.3 Å². The topological polar surface area (TPSA) is 74.8 Å². The third kappa shape index (κ3) is 4.99. The van der Waals surface area contributed by atoms with E-state index in [4.69, 9.17) is 16.3 Å². The quantitative estimate of drug-likeness (QED) is 0.269. The minimum atomic E-state index is -4.77. The summed E-state index contributed by atoms with van der Waals surface area (Å²) in [4.78, 5) is 21.7. The van der Waals surface area contributed by atoms with E-state index in [1.807, 2.05) is 37.4 Å². The fraction of sp³-hybridized carbons (Fsp3) is 0.185.